The van der Waals surface area contributed by atoms with E-state index in [1.807, 2.05) is 23.1 Å². The van der Waals surface area contributed by atoms with E-state index in [0.29, 0.717) is 61.4 Å². The van der Waals surface area contributed by atoms with E-state index >= 15 is 0 Å². The molecule has 2 fully saturated rings. The minimum Gasteiger partial charge on any atom is -0.336 e. The van der Waals surface area contributed by atoms with Crippen molar-refractivity contribution in [1.82, 2.24) is 14.4 Å². The van der Waals surface area contributed by atoms with Crippen molar-refractivity contribution in [1.29, 1.82) is 0 Å². The third-order valence-corrected chi connectivity index (χ3v) is 8.25. The number of fused-ring (bicyclic) bond motifs is 1. The molecular weight excluding hydrogens is 414 g/mol. The highest BCUT2D eigenvalue weighted by molar-refractivity contribution is 7.91. The zero-order valence-corrected chi connectivity index (χ0v) is 19.1. The lowest BCUT2D eigenvalue weighted by Gasteiger charge is -2.37. The maximum absolute atomic E-state index is 13.4. The van der Waals surface area contributed by atoms with Gasteiger partial charge in [0, 0.05) is 55.7 Å². The largest absolute Gasteiger partial charge is 0.336 e. The van der Waals surface area contributed by atoms with Gasteiger partial charge in [-0.05, 0) is 24.8 Å². The SMILES string of the molecule is CC(C)CCn1cc(C(=O)N2CCN([C@@H]3CCS(=O)(=O)C3)CC2)c2ccccc2c1=O. The van der Waals surface area contributed by atoms with Crippen LogP contribution in [0.15, 0.2) is 35.3 Å². The van der Waals surface area contributed by atoms with Gasteiger partial charge in [0.2, 0.25) is 0 Å². The number of hydrogen-bond donors (Lipinski definition) is 0. The molecule has 2 aliphatic heterocycles. The van der Waals surface area contributed by atoms with Crippen LogP contribution in [-0.4, -0.2) is 72.4 Å². The lowest BCUT2D eigenvalue weighted by atomic mass is 10.0. The van der Waals surface area contributed by atoms with E-state index in [9.17, 15) is 18.0 Å². The van der Waals surface area contributed by atoms with Crippen molar-refractivity contribution in [2.75, 3.05) is 37.7 Å². The first-order valence-electron chi connectivity index (χ1n) is 11.1. The zero-order valence-electron chi connectivity index (χ0n) is 18.3. The summed E-state index contributed by atoms with van der Waals surface area (Å²) in [5.41, 5.74) is 0.510. The molecule has 0 saturated carbocycles. The molecule has 1 atom stereocenters. The summed E-state index contributed by atoms with van der Waals surface area (Å²) >= 11 is 0. The Labute approximate surface area is 183 Å². The number of sulfone groups is 1. The third kappa shape index (κ3) is 4.70. The molecule has 31 heavy (non-hydrogen) atoms. The summed E-state index contributed by atoms with van der Waals surface area (Å²) in [6, 6.07) is 7.39. The number of aromatic nitrogens is 1. The molecule has 1 aromatic carbocycles. The first-order chi connectivity index (χ1) is 14.7. The van der Waals surface area contributed by atoms with Gasteiger partial charge in [-0.1, -0.05) is 32.0 Å². The Morgan fingerprint density at radius 3 is 2.39 bits per heavy atom. The quantitative estimate of drug-likeness (QED) is 0.703. The van der Waals surface area contributed by atoms with Crippen LogP contribution in [0.3, 0.4) is 0 Å². The average Bonchev–Trinajstić information content (AvgIpc) is 3.12. The number of amides is 1. The molecule has 7 nitrogen and oxygen atoms in total. The molecule has 1 amide bonds. The Kier molecular flexibility index (Phi) is 6.21. The van der Waals surface area contributed by atoms with Gasteiger partial charge in [-0.15, -0.1) is 0 Å². The van der Waals surface area contributed by atoms with Crippen LogP contribution in [0.25, 0.3) is 10.8 Å². The number of benzene rings is 1. The van der Waals surface area contributed by atoms with Crippen LogP contribution < -0.4 is 5.56 Å². The fourth-order valence-electron chi connectivity index (χ4n) is 4.60. The second kappa shape index (κ2) is 8.74. The molecule has 3 heterocycles. The van der Waals surface area contributed by atoms with Crippen molar-refractivity contribution in [3.63, 3.8) is 0 Å². The molecule has 2 aromatic rings. The number of carbonyl (C=O) groups excluding carboxylic acids is 1. The summed E-state index contributed by atoms with van der Waals surface area (Å²) in [5.74, 6) is 0.894. The van der Waals surface area contributed by atoms with Gasteiger partial charge in [0.05, 0.1) is 17.1 Å². The minimum absolute atomic E-state index is 0.0555. The highest BCUT2D eigenvalue weighted by Gasteiger charge is 2.34. The lowest BCUT2D eigenvalue weighted by Crippen LogP contribution is -2.52. The normalized spacial score (nSPS) is 21.8. The second-order valence-corrected chi connectivity index (χ2v) is 11.4. The maximum atomic E-state index is 13.4. The van der Waals surface area contributed by atoms with E-state index in [1.54, 1.807) is 16.8 Å². The summed E-state index contributed by atoms with van der Waals surface area (Å²) in [4.78, 5) is 30.4. The summed E-state index contributed by atoms with van der Waals surface area (Å²) in [7, 11) is -2.92. The fourth-order valence-corrected chi connectivity index (χ4v) is 6.36. The van der Waals surface area contributed by atoms with E-state index in [2.05, 4.69) is 18.7 Å². The van der Waals surface area contributed by atoms with Crippen LogP contribution in [-0.2, 0) is 16.4 Å². The molecule has 0 N–H and O–H groups in total. The highest BCUT2D eigenvalue weighted by atomic mass is 32.2. The van der Waals surface area contributed by atoms with Gasteiger partial charge in [-0.2, -0.15) is 0 Å². The minimum atomic E-state index is -2.92. The summed E-state index contributed by atoms with van der Waals surface area (Å²) < 4.78 is 25.3. The van der Waals surface area contributed by atoms with Gasteiger partial charge in [-0.25, -0.2) is 8.42 Å². The number of piperazine rings is 1. The topological polar surface area (TPSA) is 79.7 Å². The van der Waals surface area contributed by atoms with Gasteiger partial charge in [0.15, 0.2) is 9.84 Å². The highest BCUT2D eigenvalue weighted by Crippen LogP contribution is 2.22. The van der Waals surface area contributed by atoms with Gasteiger partial charge < -0.3 is 9.47 Å². The molecule has 2 aliphatic rings. The smallest absolute Gasteiger partial charge is 0.258 e. The maximum Gasteiger partial charge on any atom is 0.258 e. The van der Waals surface area contributed by atoms with E-state index < -0.39 is 9.84 Å². The molecule has 2 saturated heterocycles. The molecule has 0 unspecified atom stereocenters. The Hall–Kier alpha value is -2.19. The fraction of sp³-hybridized carbons (Fsp3) is 0.565. The Morgan fingerprint density at radius 1 is 1.10 bits per heavy atom. The van der Waals surface area contributed by atoms with Crippen LogP contribution in [0, 0.1) is 5.92 Å². The number of aryl methyl sites for hydroxylation is 1. The summed E-state index contributed by atoms with van der Waals surface area (Å²) in [6.07, 6.45) is 3.28. The van der Waals surface area contributed by atoms with Gasteiger partial charge in [-0.3, -0.25) is 14.5 Å². The number of rotatable bonds is 5. The number of hydrogen-bond acceptors (Lipinski definition) is 5. The predicted molar refractivity (Wildman–Crippen MR) is 122 cm³/mol. The first-order valence-corrected chi connectivity index (χ1v) is 12.9. The first kappa shape index (κ1) is 22.0. The molecule has 0 bridgehead atoms. The molecule has 0 spiro atoms. The average molecular weight is 446 g/mol. The van der Waals surface area contributed by atoms with Crippen molar-refractivity contribution in [2.24, 2.45) is 5.92 Å². The second-order valence-electron chi connectivity index (χ2n) is 9.15. The van der Waals surface area contributed by atoms with Crippen LogP contribution >= 0.6 is 0 Å². The Morgan fingerprint density at radius 2 is 1.77 bits per heavy atom. The summed E-state index contributed by atoms with van der Waals surface area (Å²) in [5, 5.41) is 1.27. The van der Waals surface area contributed by atoms with Crippen LogP contribution in [0.1, 0.15) is 37.0 Å². The standard InChI is InChI=1S/C23H31N3O4S/c1-17(2)7-9-26-15-21(19-5-3-4-6-20(19)22(26)27)23(28)25-12-10-24(11-13-25)18-8-14-31(29,30)16-18/h3-6,15,17-18H,7-14,16H2,1-2H3/t18-/m1/s1. The Bertz CT molecular complexity index is 1130. The number of nitrogens with zero attached hydrogens (tertiary/aromatic N) is 3. The molecule has 4 rings (SSSR count). The van der Waals surface area contributed by atoms with Crippen molar-refractivity contribution in [2.45, 2.75) is 39.3 Å². The van der Waals surface area contributed by atoms with Gasteiger partial charge in [0.25, 0.3) is 11.5 Å². The molecule has 0 radical (unpaired) electrons. The number of carbonyl (C=O) groups is 1. The molecular formula is C23H31N3O4S. The lowest BCUT2D eigenvalue weighted by molar-refractivity contribution is 0.0589. The predicted octanol–water partition coefficient (Wildman–Crippen LogP) is 1.99. The van der Waals surface area contributed by atoms with E-state index in [0.717, 1.165) is 6.42 Å². The molecule has 0 aliphatic carbocycles. The van der Waals surface area contributed by atoms with E-state index in [1.165, 1.54) is 0 Å². The monoisotopic (exact) mass is 445 g/mol. The van der Waals surface area contributed by atoms with Crippen LogP contribution in [0.5, 0.6) is 0 Å². The summed E-state index contributed by atoms with van der Waals surface area (Å²) in [6.45, 7) is 7.31. The van der Waals surface area contributed by atoms with Crippen LogP contribution in [0.2, 0.25) is 0 Å². The van der Waals surface area contributed by atoms with Crippen molar-refractivity contribution in [3.05, 3.63) is 46.4 Å². The van der Waals surface area contributed by atoms with E-state index in [4.69, 9.17) is 0 Å². The van der Waals surface area contributed by atoms with Gasteiger partial charge in [0.1, 0.15) is 0 Å². The molecule has 168 valence electrons. The van der Waals surface area contributed by atoms with Crippen LogP contribution in [0.4, 0.5) is 0 Å². The Balaban J connectivity index is 1.55. The molecule has 1 aromatic heterocycles. The molecule has 8 heteroatoms. The van der Waals surface area contributed by atoms with Crippen molar-refractivity contribution in [3.8, 4) is 0 Å². The van der Waals surface area contributed by atoms with Crippen molar-refractivity contribution >= 4 is 26.5 Å². The zero-order chi connectivity index (χ0) is 22.2. The van der Waals surface area contributed by atoms with E-state index in [-0.39, 0.29) is 29.0 Å². The van der Waals surface area contributed by atoms with Gasteiger partial charge >= 0.3 is 0 Å². The number of pyridine rings is 1. The third-order valence-electron chi connectivity index (χ3n) is 6.50. The van der Waals surface area contributed by atoms with Crippen molar-refractivity contribution < 1.29 is 13.2 Å².